The second kappa shape index (κ2) is 8.43. The molecule has 0 radical (unpaired) electrons. The molecule has 3 unspecified atom stereocenters. The van der Waals surface area contributed by atoms with E-state index in [4.69, 9.17) is 10.5 Å². The van der Waals surface area contributed by atoms with Crippen molar-refractivity contribution in [3.05, 3.63) is 76.8 Å². The Kier molecular flexibility index (Phi) is 6.02. The highest BCUT2D eigenvalue weighted by Crippen LogP contribution is 2.42. The Morgan fingerprint density at radius 1 is 1.12 bits per heavy atom. The molecular weight excluding hydrogens is 332 g/mol. The van der Waals surface area contributed by atoms with Crippen LogP contribution in [-0.4, -0.2) is 24.3 Å². The van der Waals surface area contributed by atoms with Gasteiger partial charge < -0.3 is 20.9 Å². The van der Waals surface area contributed by atoms with Gasteiger partial charge in [-0.25, -0.2) is 0 Å². The van der Waals surface area contributed by atoms with Crippen molar-refractivity contribution in [2.24, 2.45) is 5.73 Å². The zero-order valence-corrected chi connectivity index (χ0v) is 15.1. The minimum atomic E-state index is -0.124. The number of nitrogens with one attached hydrogen (secondary N) is 1. The predicted molar refractivity (Wildman–Crippen MR) is 103 cm³/mol. The van der Waals surface area contributed by atoms with Crippen molar-refractivity contribution in [2.45, 2.75) is 23.8 Å². The first kappa shape index (κ1) is 17.9. The summed E-state index contributed by atoms with van der Waals surface area (Å²) >= 11 is 1.58. The summed E-state index contributed by atoms with van der Waals surface area (Å²) in [6.45, 7) is 0.138. The van der Waals surface area contributed by atoms with Crippen molar-refractivity contribution in [1.82, 2.24) is 5.32 Å². The van der Waals surface area contributed by atoms with E-state index in [-0.39, 0.29) is 23.9 Å². The number of hydrogen-bond acceptors (Lipinski definition) is 5. The first-order valence-electron chi connectivity index (χ1n) is 8.40. The Balaban J connectivity index is 2.01. The summed E-state index contributed by atoms with van der Waals surface area (Å²) < 4.78 is 5.29. The summed E-state index contributed by atoms with van der Waals surface area (Å²) in [5, 5.41) is 15.2. The molecule has 5 heteroatoms. The van der Waals surface area contributed by atoms with Gasteiger partial charge in [-0.05, 0) is 41.0 Å². The van der Waals surface area contributed by atoms with Crippen LogP contribution in [-0.2, 0) is 0 Å². The highest BCUT2D eigenvalue weighted by atomic mass is 32.2. The number of rotatable bonds is 7. The molecule has 25 heavy (non-hydrogen) atoms. The number of aliphatic hydroxyl groups is 1. The molecule has 132 valence electrons. The number of hydrogen-bond donors (Lipinski definition) is 3. The number of methoxy groups -OCH3 is 1. The smallest absolute Gasteiger partial charge is 0.127 e. The first-order chi connectivity index (χ1) is 12.2. The van der Waals surface area contributed by atoms with E-state index >= 15 is 0 Å². The van der Waals surface area contributed by atoms with Crippen LogP contribution in [0, 0.1) is 0 Å². The zero-order chi connectivity index (χ0) is 17.6. The summed E-state index contributed by atoms with van der Waals surface area (Å²) in [5.74, 6) is 1.09. The van der Waals surface area contributed by atoms with Gasteiger partial charge in [-0.3, -0.25) is 0 Å². The van der Waals surface area contributed by atoms with Gasteiger partial charge in [0.05, 0.1) is 7.11 Å². The van der Waals surface area contributed by atoms with Crippen molar-refractivity contribution < 1.29 is 9.84 Å². The molecule has 0 saturated carbocycles. The first-order valence-corrected chi connectivity index (χ1v) is 9.34. The Morgan fingerprint density at radius 3 is 2.40 bits per heavy atom. The predicted octanol–water partition coefficient (Wildman–Crippen LogP) is 3.37. The van der Waals surface area contributed by atoms with Crippen molar-refractivity contribution in [2.75, 3.05) is 13.7 Å². The number of nitrogens with two attached hydrogens (primary N) is 1. The van der Waals surface area contributed by atoms with Gasteiger partial charge in [0, 0.05) is 18.2 Å². The maximum atomic E-state index is 9.68. The van der Waals surface area contributed by atoms with Gasteiger partial charge >= 0.3 is 0 Å². The Labute approximate surface area is 153 Å². The molecule has 0 aromatic heterocycles. The second-order valence-corrected chi connectivity index (χ2v) is 7.07. The lowest BCUT2D eigenvalue weighted by molar-refractivity contribution is 0.269. The second-order valence-electron chi connectivity index (χ2n) is 6.05. The van der Waals surface area contributed by atoms with E-state index in [9.17, 15) is 5.11 Å². The molecule has 1 heterocycles. The molecule has 0 fully saturated rings. The lowest BCUT2D eigenvalue weighted by Crippen LogP contribution is -2.32. The number of ether oxygens (including phenoxy) is 1. The fourth-order valence-corrected chi connectivity index (χ4v) is 4.06. The lowest BCUT2D eigenvalue weighted by atomic mass is 9.78. The monoisotopic (exact) mass is 356 g/mol. The van der Waals surface area contributed by atoms with Crippen LogP contribution < -0.4 is 15.8 Å². The minimum Gasteiger partial charge on any atom is -0.497 e. The van der Waals surface area contributed by atoms with E-state index in [1.807, 2.05) is 30.3 Å². The minimum absolute atomic E-state index is 0.0986. The molecule has 3 rings (SSSR count). The van der Waals surface area contributed by atoms with E-state index in [1.54, 1.807) is 18.9 Å². The maximum Gasteiger partial charge on any atom is 0.127 e. The highest BCUT2D eigenvalue weighted by Gasteiger charge is 2.31. The average molecular weight is 356 g/mol. The summed E-state index contributed by atoms with van der Waals surface area (Å²) in [6, 6.07) is 18.5. The molecule has 1 aliphatic heterocycles. The number of allylic oxidation sites excluding steroid dienone is 1. The largest absolute Gasteiger partial charge is 0.497 e. The van der Waals surface area contributed by atoms with E-state index in [0.717, 1.165) is 11.4 Å². The fourth-order valence-electron chi connectivity index (χ4n) is 3.35. The molecule has 0 amide bonds. The van der Waals surface area contributed by atoms with Crippen LogP contribution in [0.2, 0.25) is 0 Å². The summed E-state index contributed by atoms with van der Waals surface area (Å²) in [5.41, 5.74) is 9.40. The number of aliphatic hydroxyl groups excluding tert-OH is 1. The molecule has 0 spiro atoms. The Morgan fingerprint density at radius 2 is 1.84 bits per heavy atom. The molecular formula is C20H24N2O2S. The molecule has 2 aromatic rings. The molecule has 4 N–H and O–H groups in total. The van der Waals surface area contributed by atoms with Crippen LogP contribution >= 0.6 is 11.8 Å². The Bertz CT molecular complexity index is 703. The summed E-state index contributed by atoms with van der Waals surface area (Å²) in [6.07, 6.45) is 0.680. The topological polar surface area (TPSA) is 67.5 Å². The van der Waals surface area contributed by atoms with Gasteiger partial charge in [-0.2, -0.15) is 0 Å². The summed E-state index contributed by atoms with van der Waals surface area (Å²) in [4.78, 5) is 0. The van der Waals surface area contributed by atoms with Crippen molar-refractivity contribution >= 4 is 11.8 Å². The van der Waals surface area contributed by atoms with Gasteiger partial charge in [0.2, 0.25) is 0 Å². The standard InChI is InChI=1S/C20H24N2O2S/c1-24-16-9-7-15(8-10-16)19(18-13-25-20(21)22-18)17(11-12-23)14-5-3-2-4-6-14/h2-10,13,17,19-20,22-23H,11-12,21H2,1H3. The quantitative estimate of drug-likeness (QED) is 0.710. The normalized spacial score (nSPS) is 19.0. The third-order valence-corrected chi connectivity index (χ3v) is 5.33. The van der Waals surface area contributed by atoms with Crippen LogP contribution in [0.15, 0.2) is 65.7 Å². The fraction of sp³-hybridized carbons (Fsp3) is 0.300. The van der Waals surface area contributed by atoms with Crippen LogP contribution in [0.3, 0.4) is 0 Å². The van der Waals surface area contributed by atoms with E-state index in [1.165, 1.54) is 11.1 Å². The maximum absolute atomic E-state index is 9.68. The van der Waals surface area contributed by atoms with Crippen molar-refractivity contribution in [3.63, 3.8) is 0 Å². The number of benzene rings is 2. The van der Waals surface area contributed by atoms with Crippen LogP contribution in [0.25, 0.3) is 0 Å². The molecule has 4 nitrogen and oxygen atoms in total. The van der Waals surface area contributed by atoms with Gasteiger partial charge in [0.1, 0.15) is 11.2 Å². The molecule has 0 saturated heterocycles. The van der Waals surface area contributed by atoms with E-state index in [0.29, 0.717) is 6.42 Å². The Hall–Kier alpha value is -1.95. The molecule has 0 bridgehead atoms. The van der Waals surface area contributed by atoms with Crippen LogP contribution in [0.5, 0.6) is 5.75 Å². The molecule has 2 aromatic carbocycles. The van der Waals surface area contributed by atoms with E-state index < -0.39 is 0 Å². The SMILES string of the molecule is COc1ccc(C(C2=CSC(N)N2)C(CCO)c2ccccc2)cc1. The molecule has 3 atom stereocenters. The van der Waals surface area contributed by atoms with E-state index in [2.05, 4.69) is 35.0 Å². The van der Waals surface area contributed by atoms with Crippen molar-refractivity contribution in [3.8, 4) is 5.75 Å². The van der Waals surface area contributed by atoms with Gasteiger partial charge in [0.15, 0.2) is 0 Å². The van der Waals surface area contributed by atoms with Gasteiger partial charge in [0.25, 0.3) is 0 Å². The van der Waals surface area contributed by atoms with Crippen LogP contribution in [0.4, 0.5) is 0 Å². The lowest BCUT2D eigenvalue weighted by Gasteiger charge is -2.29. The van der Waals surface area contributed by atoms with Gasteiger partial charge in [-0.15, -0.1) is 0 Å². The zero-order valence-electron chi connectivity index (χ0n) is 14.3. The molecule has 0 aliphatic carbocycles. The average Bonchev–Trinajstić information content (AvgIpc) is 3.08. The van der Waals surface area contributed by atoms with Crippen LogP contribution in [0.1, 0.15) is 29.4 Å². The van der Waals surface area contributed by atoms with Crippen molar-refractivity contribution in [1.29, 1.82) is 0 Å². The highest BCUT2D eigenvalue weighted by molar-refractivity contribution is 8.02. The van der Waals surface area contributed by atoms with Gasteiger partial charge in [-0.1, -0.05) is 54.2 Å². The number of thioether (sulfide) groups is 1. The summed E-state index contributed by atoms with van der Waals surface area (Å²) in [7, 11) is 1.67. The third kappa shape index (κ3) is 4.18. The molecule has 1 aliphatic rings. The third-order valence-electron chi connectivity index (χ3n) is 4.53.